The number of benzene rings is 2. The molecule has 0 fully saturated rings. The molecule has 5 nitrogen and oxygen atoms in total. The first-order chi connectivity index (χ1) is 12.5. The lowest BCUT2D eigenvalue weighted by molar-refractivity contribution is 0.102. The summed E-state index contributed by atoms with van der Waals surface area (Å²) in [6, 6.07) is 13.7. The lowest BCUT2D eigenvalue weighted by Crippen LogP contribution is -2.06. The van der Waals surface area contributed by atoms with Crippen LogP contribution in [0, 0.1) is 20.8 Å². The summed E-state index contributed by atoms with van der Waals surface area (Å²) in [7, 11) is 0. The van der Waals surface area contributed by atoms with E-state index in [2.05, 4.69) is 15.1 Å². The Morgan fingerprint density at radius 3 is 2.65 bits per heavy atom. The van der Waals surface area contributed by atoms with Crippen molar-refractivity contribution in [3.8, 4) is 0 Å². The van der Waals surface area contributed by atoms with E-state index in [0.717, 1.165) is 27.7 Å². The normalized spacial score (nSPS) is 11.3. The summed E-state index contributed by atoms with van der Waals surface area (Å²) in [4.78, 5) is 21.8. The molecule has 0 saturated heterocycles. The van der Waals surface area contributed by atoms with Gasteiger partial charge in [-0.3, -0.25) is 4.79 Å². The molecule has 0 N–H and O–H groups in total. The third-order valence-electron chi connectivity index (χ3n) is 4.42. The molecule has 4 rings (SSSR count). The molecule has 6 heteroatoms. The van der Waals surface area contributed by atoms with Gasteiger partial charge in [-0.2, -0.15) is 4.52 Å². The summed E-state index contributed by atoms with van der Waals surface area (Å²) in [6.07, 6.45) is 0. The molecule has 0 spiro atoms. The van der Waals surface area contributed by atoms with Gasteiger partial charge in [0.25, 0.3) is 0 Å². The molecular formula is C20H18N4OS. The monoisotopic (exact) mass is 362 g/mol. The fourth-order valence-corrected chi connectivity index (χ4v) is 3.69. The van der Waals surface area contributed by atoms with Crippen molar-refractivity contribution in [3.63, 3.8) is 0 Å². The van der Waals surface area contributed by atoms with Crippen LogP contribution >= 0.6 is 11.8 Å². The summed E-state index contributed by atoms with van der Waals surface area (Å²) < 4.78 is 1.73. The van der Waals surface area contributed by atoms with E-state index < -0.39 is 0 Å². The summed E-state index contributed by atoms with van der Waals surface area (Å²) in [5, 5.41) is 6.08. The lowest BCUT2D eigenvalue weighted by Gasteiger charge is -2.07. The van der Waals surface area contributed by atoms with Gasteiger partial charge in [-0.15, -0.1) is 5.10 Å². The smallest absolute Gasteiger partial charge is 0.192 e. The van der Waals surface area contributed by atoms with Crippen molar-refractivity contribution in [2.75, 3.05) is 5.75 Å². The van der Waals surface area contributed by atoms with Gasteiger partial charge >= 0.3 is 0 Å². The molecule has 0 aliphatic heterocycles. The number of carbonyl (C=O) groups excluding carboxylic acids is 1. The second kappa shape index (κ2) is 6.53. The predicted molar refractivity (Wildman–Crippen MR) is 104 cm³/mol. The second-order valence-electron chi connectivity index (χ2n) is 6.32. The first kappa shape index (κ1) is 16.7. The average Bonchev–Trinajstić information content (AvgIpc) is 3.03. The van der Waals surface area contributed by atoms with E-state index in [0.29, 0.717) is 16.7 Å². The number of para-hydroxylation sites is 1. The topological polar surface area (TPSA) is 60.2 Å². The van der Waals surface area contributed by atoms with Crippen LogP contribution in [0.1, 0.15) is 27.3 Å². The van der Waals surface area contributed by atoms with Gasteiger partial charge in [0.15, 0.2) is 16.6 Å². The number of nitrogens with zero attached hydrogens (tertiary/aromatic N) is 4. The molecule has 0 aliphatic carbocycles. The summed E-state index contributed by atoms with van der Waals surface area (Å²) in [5.74, 6) is 1.07. The van der Waals surface area contributed by atoms with E-state index in [1.54, 1.807) is 4.52 Å². The maximum atomic E-state index is 12.6. The standard InChI is InChI=1S/C20H18N4OS/c1-12-8-9-15(10-13(12)2)18(25)11-26-20-22-17-7-5-4-6-16(17)19-21-14(3)23-24(19)20/h4-10H,11H2,1-3H3. The minimum atomic E-state index is 0.0815. The van der Waals surface area contributed by atoms with Crippen LogP contribution in [-0.4, -0.2) is 31.1 Å². The number of rotatable bonds is 4. The number of Topliss-reactive ketones (excluding diaryl/α,β-unsaturated/α-hetero) is 1. The molecular weight excluding hydrogens is 344 g/mol. The molecule has 2 aromatic heterocycles. The first-order valence-corrected chi connectivity index (χ1v) is 9.37. The molecule has 130 valence electrons. The van der Waals surface area contributed by atoms with Crippen LogP contribution in [0.3, 0.4) is 0 Å². The number of thioether (sulfide) groups is 1. The van der Waals surface area contributed by atoms with Crippen molar-refractivity contribution in [3.05, 3.63) is 65.0 Å². The van der Waals surface area contributed by atoms with Gasteiger partial charge in [0, 0.05) is 10.9 Å². The highest BCUT2D eigenvalue weighted by Crippen LogP contribution is 2.24. The van der Waals surface area contributed by atoms with Gasteiger partial charge in [-0.1, -0.05) is 36.0 Å². The highest BCUT2D eigenvalue weighted by molar-refractivity contribution is 7.99. The zero-order valence-corrected chi connectivity index (χ0v) is 15.7. The number of carbonyl (C=O) groups is 1. The first-order valence-electron chi connectivity index (χ1n) is 8.38. The van der Waals surface area contributed by atoms with Crippen molar-refractivity contribution in [1.82, 2.24) is 19.6 Å². The van der Waals surface area contributed by atoms with Crippen LogP contribution in [0.5, 0.6) is 0 Å². The van der Waals surface area contributed by atoms with Crippen LogP contribution in [-0.2, 0) is 0 Å². The van der Waals surface area contributed by atoms with Crippen LogP contribution in [0.25, 0.3) is 16.6 Å². The molecule has 2 heterocycles. The zero-order chi connectivity index (χ0) is 18.3. The molecule has 0 saturated carbocycles. The van der Waals surface area contributed by atoms with Crippen molar-refractivity contribution in [1.29, 1.82) is 0 Å². The molecule has 0 bridgehead atoms. The Bertz CT molecular complexity index is 1150. The van der Waals surface area contributed by atoms with Crippen molar-refractivity contribution < 1.29 is 4.79 Å². The Labute approximate surface area is 155 Å². The van der Waals surface area contributed by atoms with E-state index in [9.17, 15) is 4.79 Å². The molecule has 0 atom stereocenters. The minimum Gasteiger partial charge on any atom is -0.293 e. The number of hydrogen-bond acceptors (Lipinski definition) is 5. The molecule has 0 amide bonds. The van der Waals surface area contributed by atoms with Crippen molar-refractivity contribution >= 4 is 34.1 Å². The van der Waals surface area contributed by atoms with E-state index in [4.69, 9.17) is 0 Å². The lowest BCUT2D eigenvalue weighted by atomic mass is 10.0. The van der Waals surface area contributed by atoms with E-state index in [1.807, 2.05) is 63.2 Å². The van der Waals surface area contributed by atoms with Crippen LogP contribution < -0.4 is 0 Å². The van der Waals surface area contributed by atoms with Crippen molar-refractivity contribution in [2.24, 2.45) is 0 Å². The van der Waals surface area contributed by atoms with E-state index in [1.165, 1.54) is 17.3 Å². The number of aryl methyl sites for hydroxylation is 3. The maximum absolute atomic E-state index is 12.6. The molecule has 2 aromatic carbocycles. The van der Waals surface area contributed by atoms with E-state index in [-0.39, 0.29) is 5.78 Å². The number of aromatic nitrogens is 4. The van der Waals surface area contributed by atoms with Crippen LogP contribution in [0.4, 0.5) is 0 Å². The average molecular weight is 362 g/mol. The highest BCUT2D eigenvalue weighted by Gasteiger charge is 2.14. The van der Waals surface area contributed by atoms with E-state index >= 15 is 0 Å². The number of fused-ring (bicyclic) bond motifs is 3. The molecule has 4 aromatic rings. The molecule has 26 heavy (non-hydrogen) atoms. The maximum Gasteiger partial charge on any atom is 0.192 e. The second-order valence-corrected chi connectivity index (χ2v) is 7.26. The summed E-state index contributed by atoms with van der Waals surface area (Å²) >= 11 is 1.39. The summed E-state index contributed by atoms with van der Waals surface area (Å²) in [5.41, 5.74) is 4.67. The third kappa shape index (κ3) is 2.97. The predicted octanol–water partition coefficient (Wildman–Crippen LogP) is 4.18. The molecule has 0 unspecified atom stereocenters. The molecule has 0 radical (unpaired) electrons. The van der Waals surface area contributed by atoms with Gasteiger partial charge in [0.05, 0.1) is 11.3 Å². The highest BCUT2D eigenvalue weighted by atomic mass is 32.2. The van der Waals surface area contributed by atoms with Crippen LogP contribution in [0.2, 0.25) is 0 Å². The Kier molecular flexibility index (Phi) is 4.20. The Morgan fingerprint density at radius 1 is 1.04 bits per heavy atom. The van der Waals surface area contributed by atoms with Gasteiger partial charge in [0.1, 0.15) is 5.82 Å². The zero-order valence-electron chi connectivity index (χ0n) is 14.9. The fraction of sp³-hybridized carbons (Fsp3) is 0.200. The van der Waals surface area contributed by atoms with Gasteiger partial charge < -0.3 is 0 Å². The Balaban J connectivity index is 1.68. The Morgan fingerprint density at radius 2 is 1.85 bits per heavy atom. The minimum absolute atomic E-state index is 0.0815. The quantitative estimate of drug-likeness (QED) is 0.310. The van der Waals surface area contributed by atoms with Gasteiger partial charge in [-0.05, 0) is 50.1 Å². The van der Waals surface area contributed by atoms with Crippen molar-refractivity contribution in [2.45, 2.75) is 25.9 Å². The summed E-state index contributed by atoms with van der Waals surface area (Å²) in [6.45, 7) is 5.92. The van der Waals surface area contributed by atoms with Gasteiger partial charge in [-0.25, -0.2) is 9.97 Å². The largest absolute Gasteiger partial charge is 0.293 e. The number of hydrogen-bond donors (Lipinski definition) is 0. The Hall–Kier alpha value is -2.73. The third-order valence-corrected chi connectivity index (χ3v) is 5.35. The van der Waals surface area contributed by atoms with Gasteiger partial charge in [0.2, 0.25) is 0 Å². The fourth-order valence-electron chi connectivity index (χ4n) is 2.86. The number of ketones is 1. The van der Waals surface area contributed by atoms with Crippen LogP contribution in [0.15, 0.2) is 47.6 Å². The SMILES string of the molecule is Cc1nc2c3ccccc3nc(SCC(=O)c3ccc(C)c(C)c3)n2n1. The molecule has 0 aliphatic rings.